The molecule has 1 unspecified atom stereocenters. The minimum atomic E-state index is -0.271. The molecule has 1 aliphatic carbocycles. The van der Waals surface area contributed by atoms with E-state index in [4.69, 9.17) is 23.2 Å². The van der Waals surface area contributed by atoms with Gasteiger partial charge in [-0.1, -0.05) is 6.92 Å². The second-order valence-corrected chi connectivity index (χ2v) is 6.07. The standard InChI is InChI=1S/C11H15Cl2N3O2/c1-2-5-14-10(17)15-7-4-3-6(12)9(8(7)13)16(15)11(14)18/h6-9H,2-5H2,1H3/t6-,7+,8?,9-/m1/s1. The van der Waals surface area contributed by atoms with Crippen molar-refractivity contribution >= 4 is 23.2 Å². The van der Waals surface area contributed by atoms with Crippen LogP contribution in [0.15, 0.2) is 9.59 Å². The second kappa shape index (κ2) is 4.17. The molecule has 100 valence electrons. The zero-order valence-electron chi connectivity index (χ0n) is 10.1. The first-order valence-corrected chi connectivity index (χ1v) is 7.17. The van der Waals surface area contributed by atoms with E-state index in [2.05, 4.69) is 0 Å². The number of aromatic nitrogens is 3. The Hall–Kier alpha value is -0.680. The molecule has 0 radical (unpaired) electrons. The Kier molecular flexibility index (Phi) is 2.86. The molecule has 4 atom stereocenters. The molecule has 7 heteroatoms. The minimum absolute atomic E-state index is 0.0926. The Morgan fingerprint density at radius 1 is 1.17 bits per heavy atom. The lowest BCUT2D eigenvalue weighted by atomic mass is 9.92. The molecular weight excluding hydrogens is 277 g/mol. The molecule has 1 saturated carbocycles. The molecule has 0 amide bonds. The molecule has 1 aliphatic heterocycles. The smallest absolute Gasteiger partial charge is 0.246 e. The summed E-state index contributed by atoms with van der Waals surface area (Å²) >= 11 is 12.6. The number of fused-ring (bicyclic) bond motifs is 5. The van der Waals surface area contributed by atoms with E-state index in [1.165, 1.54) is 13.9 Å². The van der Waals surface area contributed by atoms with Gasteiger partial charge in [0, 0.05) is 6.54 Å². The number of halogens is 2. The van der Waals surface area contributed by atoms with Crippen LogP contribution < -0.4 is 11.4 Å². The molecule has 0 spiro atoms. The van der Waals surface area contributed by atoms with Crippen LogP contribution in [-0.4, -0.2) is 24.7 Å². The number of rotatable bonds is 2. The normalized spacial score (nSPS) is 33.7. The lowest BCUT2D eigenvalue weighted by molar-refractivity contribution is 0.377. The zero-order chi connectivity index (χ0) is 13.0. The highest BCUT2D eigenvalue weighted by molar-refractivity contribution is 6.24. The Bertz CT molecular complexity index is 588. The average Bonchev–Trinajstić information content (AvgIpc) is 2.67. The summed E-state index contributed by atoms with van der Waals surface area (Å²) in [5, 5.41) is -0.426. The van der Waals surface area contributed by atoms with Gasteiger partial charge < -0.3 is 0 Å². The molecule has 0 aromatic carbocycles. The molecule has 1 aromatic heterocycles. The SMILES string of the molecule is CCCn1c(=O)n2n(c1=O)[C@H]1C(Cl)[C@@H]2CC[C@H]1Cl. The van der Waals surface area contributed by atoms with Crippen molar-refractivity contribution in [3.63, 3.8) is 0 Å². The van der Waals surface area contributed by atoms with Crippen LogP contribution in [0.25, 0.3) is 0 Å². The maximum Gasteiger partial charge on any atom is 0.347 e. The summed E-state index contributed by atoms with van der Waals surface area (Å²) in [6.07, 6.45) is 2.30. The predicted octanol–water partition coefficient (Wildman–Crippen LogP) is 1.33. The van der Waals surface area contributed by atoms with Crippen LogP contribution in [0, 0.1) is 0 Å². The molecule has 1 fully saturated rings. The lowest BCUT2D eigenvalue weighted by Gasteiger charge is -2.27. The lowest BCUT2D eigenvalue weighted by Crippen LogP contribution is -2.38. The highest BCUT2D eigenvalue weighted by atomic mass is 35.5. The van der Waals surface area contributed by atoms with E-state index in [1.54, 1.807) is 0 Å². The van der Waals surface area contributed by atoms with Crippen molar-refractivity contribution in [2.75, 3.05) is 0 Å². The van der Waals surface area contributed by atoms with Gasteiger partial charge in [0.05, 0.1) is 22.8 Å². The fourth-order valence-corrected chi connectivity index (χ4v) is 4.11. The minimum Gasteiger partial charge on any atom is -0.246 e. The molecular formula is C11H15Cl2N3O2. The molecule has 3 rings (SSSR count). The van der Waals surface area contributed by atoms with Crippen LogP contribution in [-0.2, 0) is 6.54 Å². The van der Waals surface area contributed by atoms with Crippen LogP contribution in [0.4, 0.5) is 0 Å². The average molecular weight is 292 g/mol. The van der Waals surface area contributed by atoms with Crippen molar-refractivity contribution in [2.45, 2.75) is 55.6 Å². The van der Waals surface area contributed by atoms with Crippen LogP contribution in [0.3, 0.4) is 0 Å². The number of hydrogen-bond donors (Lipinski definition) is 0. The third-order valence-corrected chi connectivity index (χ3v) is 4.96. The highest BCUT2D eigenvalue weighted by Crippen LogP contribution is 2.45. The monoisotopic (exact) mass is 291 g/mol. The van der Waals surface area contributed by atoms with Crippen molar-refractivity contribution in [2.24, 2.45) is 0 Å². The molecule has 5 nitrogen and oxygen atoms in total. The van der Waals surface area contributed by atoms with E-state index in [-0.39, 0.29) is 34.2 Å². The van der Waals surface area contributed by atoms with E-state index in [0.29, 0.717) is 6.54 Å². The summed E-state index contributed by atoms with van der Waals surface area (Å²) in [6.45, 7) is 2.39. The third-order valence-electron chi connectivity index (χ3n) is 3.93. The molecule has 18 heavy (non-hydrogen) atoms. The van der Waals surface area contributed by atoms with Gasteiger partial charge in [0.1, 0.15) is 0 Å². The number of nitrogens with zero attached hydrogens (tertiary/aromatic N) is 3. The summed E-state index contributed by atoms with van der Waals surface area (Å²) in [6, 6.07) is -0.352. The van der Waals surface area contributed by atoms with Gasteiger partial charge in [0.25, 0.3) is 0 Å². The van der Waals surface area contributed by atoms with E-state index in [1.807, 2.05) is 6.92 Å². The van der Waals surface area contributed by atoms with Gasteiger partial charge in [0.2, 0.25) is 0 Å². The molecule has 0 N–H and O–H groups in total. The zero-order valence-corrected chi connectivity index (χ0v) is 11.6. The van der Waals surface area contributed by atoms with Gasteiger partial charge in [-0.15, -0.1) is 23.2 Å². The van der Waals surface area contributed by atoms with E-state index in [9.17, 15) is 9.59 Å². The first-order valence-electron chi connectivity index (χ1n) is 6.30. The third kappa shape index (κ3) is 1.40. The molecule has 1 aromatic rings. The van der Waals surface area contributed by atoms with Crippen LogP contribution in [0.5, 0.6) is 0 Å². The molecule has 2 aliphatic rings. The van der Waals surface area contributed by atoms with Gasteiger partial charge in [0.15, 0.2) is 0 Å². The van der Waals surface area contributed by atoms with Crippen molar-refractivity contribution in [3.05, 3.63) is 21.0 Å². The largest absolute Gasteiger partial charge is 0.347 e. The van der Waals surface area contributed by atoms with Crippen LogP contribution in [0.1, 0.15) is 38.3 Å². The molecule has 0 saturated heterocycles. The van der Waals surface area contributed by atoms with Crippen molar-refractivity contribution in [1.82, 2.24) is 13.9 Å². The molecule has 2 bridgehead atoms. The summed E-state index contributed by atoms with van der Waals surface area (Å²) in [5.74, 6) is 0. The van der Waals surface area contributed by atoms with Crippen molar-refractivity contribution in [3.8, 4) is 0 Å². The maximum atomic E-state index is 12.3. The first kappa shape index (κ1) is 12.4. The van der Waals surface area contributed by atoms with Crippen molar-refractivity contribution < 1.29 is 0 Å². The fraction of sp³-hybridized carbons (Fsp3) is 0.818. The summed E-state index contributed by atoms with van der Waals surface area (Å²) in [5.41, 5.74) is -0.515. The Labute approximate surface area is 114 Å². The summed E-state index contributed by atoms with van der Waals surface area (Å²) < 4.78 is 4.31. The van der Waals surface area contributed by atoms with Crippen molar-refractivity contribution in [1.29, 1.82) is 0 Å². The maximum absolute atomic E-state index is 12.3. The van der Waals surface area contributed by atoms with Gasteiger partial charge in [-0.2, -0.15) is 0 Å². The fourth-order valence-electron chi connectivity index (χ4n) is 3.13. The van der Waals surface area contributed by atoms with Gasteiger partial charge >= 0.3 is 11.4 Å². The van der Waals surface area contributed by atoms with Gasteiger partial charge in [-0.3, -0.25) is 0 Å². The van der Waals surface area contributed by atoms with Crippen LogP contribution in [0.2, 0.25) is 0 Å². The molecule has 2 heterocycles. The van der Waals surface area contributed by atoms with E-state index < -0.39 is 0 Å². The highest BCUT2D eigenvalue weighted by Gasteiger charge is 2.49. The number of alkyl halides is 2. The van der Waals surface area contributed by atoms with E-state index >= 15 is 0 Å². The Balaban J connectivity index is 2.23. The summed E-state index contributed by atoms with van der Waals surface area (Å²) in [4.78, 5) is 24.6. The topological polar surface area (TPSA) is 48.9 Å². The summed E-state index contributed by atoms with van der Waals surface area (Å²) in [7, 11) is 0. The van der Waals surface area contributed by atoms with Gasteiger partial charge in [-0.25, -0.2) is 23.5 Å². The van der Waals surface area contributed by atoms with Gasteiger partial charge in [-0.05, 0) is 19.3 Å². The quantitative estimate of drug-likeness (QED) is 0.772. The Morgan fingerprint density at radius 3 is 2.50 bits per heavy atom. The Morgan fingerprint density at radius 2 is 1.83 bits per heavy atom. The van der Waals surface area contributed by atoms with E-state index in [0.717, 1.165) is 19.3 Å². The van der Waals surface area contributed by atoms with Crippen LogP contribution >= 0.6 is 23.2 Å². The second-order valence-electron chi connectivity index (χ2n) is 5.00. The first-order chi connectivity index (χ1) is 8.57. The predicted molar refractivity (Wildman–Crippen MR) is 69.8 cm³/mol. The number of hydrogen-bond acceptors (Lipinski definition) is 2.